The Bertz CT molecular complexity index is 1150. The summed E-state index contributed by atoms with van der Waals surface area (Å²) >= 11 is 3.51. The Hall–Kier alpha value is -3.20. The van der Waals surface area contributed by atoms with Gasteiger partial charge in [0.25, 0.3) is 11.8 Å². The number of carbonyl (C=O) groups excluding carboxylic acids is 4. The topological polar surface area (TPSA) is 108 Å². The predicted octanol–water partition coefficient (Wildman–Crippen LogP) is 2.82. The molecule has 0 bridgehead atoms. The Labute approximate surface area is 186 Å². The molecular weight excluding hydrogens is 464 g/mol. The highest BCUT2D eigenvalue weighted by Crippen LogP contribution is 2.36. The van der Waals surface area contributed by atoms with Crippen molar-refractivity contribution in [2.45, 2.75) is 31.3 Å². The lowest BCUT2D eigenvalue weighted by Crippen LogP contribution is -2.54. The highest BCUT2D eigenvalue weighted by atomic mass is 79.9. The van der Waals surface area contributed by atoms with Crippen LogP contribution >= 0.6 is 15.9 Å². The van der Waals surface area contributed by atoms with Crippen LogP contribution in [0.25, 0.3) is 0 Å². The van der Waals surface area contributed by atoms with Crippen molar-refractivity contribution in [3.05, 3.63) is 57.6 Å². The summed E-state index contributed by atoms with van der Waals surface area (Å²) in [5.41, 5.74) is 3.44. The number of fused-ring (bicyclic) bond motifs is 2. The third-order valence-corrected chi connectivity index (χ3v) is 6.41. The van der Waals surface area contributed by atoms with E-state index in [-0.39, 0.29) is 30.0 Å². The number of carbonyl (C=O) groups is 4. The molecule has 2 aromatic carbocycles. The maximum absolute atomic E-state index is 13.0. The predicted molar refractivity (Wildman–Crippen MR) is 117 cm³/mol. The lowest BCUT2D eigenvalue weighted by molar-refractivity contribution is -0.136. The average Bonchev–Trinajstić information content (AvgIpc) is 2.99. The van der Waals surface area contributed by atoms with Gasteiger partial charge in [-0.3, -0.25) is 29.4 Å². The van der Waals surface area contributed by atoms with E-state index in [0.717, 1.165) is 39.3 Å². The summed E-state index contributed by atoms with van der Waals surface area (Å²) in [6.07, 6.45) is 1.10. The fourth-order valence-corrected chi connectivity index (χ4v) is 4.78. The van der Waals surface area contributed by atoms with Crippen LogP contribution in [0.4, 0.5) is 11.4 Å². The SMILES string of the molecule is O=C1CCC(N2C(=O)c3ccc(NC4CCNc5ccc(Br)cc54)cc3C2=O)C(=O)N1. The van der Waals surface area contributed by atoms with Crippen LogP contribution in [0.3, 0.4) is 0 Å². The smallest absolute Gasteiger partial charge is 0.262 e. The number of hydrogen-bond acceptors (Lipinski definition) is 6. The van der Waals surface area contributed by atoms with Crippen molar-refractivity contribution in [3.8, 4) is 0 Å². The Morgan fingerprint density at radius 3 is 2.58 bits per heavy atom. The van der Waals surface area contributed by atoms with Gasteiger partial charge in [-0.25, -0.2) is 0 Å². The molecule has 3 heterocycles. The van der Waals surface area contributed by atoms with Crippen molar-refractivity contribution >= 4 is 50.9 Å². The lowest BCUT2D eigenvalue weighted by Gasteiger charge is -2.28. The Morgan fingerprint density at radius 2 is 1.77 bits per heavy atom. The van der Waals surface area contributed by atoms with E-state index in [1.165, 1.54) is 0 Å². The average molecular weight is 483 g/mol. The zero-order chi connectivity index (χ0) is 21.7. The third kappa shape index (κ3) is 3.38. The van der Waals surface area contributed by atoms with E-state index in [1.54, 1.807) is 18.2 Å². The number of hydrogen-bond donors (Lipinski definition) is 3. The molecule has 3 aliphatic heterocycles. The van der Waals surface area contributed by atoms with E-state index in [2.05, 4.69) is 37.9 Å². The first kappa shape index (κ1) is 19.7. The molecule has 0 aliphatic carbocycles. The van der Waals surface area contributed by atoms with Gasteiger partial charge in [0.1, 0.15) is 6.04 Å². The Morgan fingerprint density at radius 1 is 0.968 bits per heavy atom. The minimum absolute atomic E-state index is 0.0465. The molecule has 0 aromatic heterocycles. The second-order valence-corrected chi connectivity index (χ2v) is 8.77. The van der Waals surface area contributed by atoms with E-state index >= 15 is 0 Å². The molecule has 3 aliphatic rings. The van der Waals surface area contributed by atoms with Gasteiger partial charge < -0.3 is 10.6 Å². The normalized spacial score (nSPS) is 22.5. The van der Waals surface area contributed by atoms with Crippen molar-refractivity contribution in [1.29, 1.82) is 0 Å². The molecule has 1 fully saturated rings. The van der Waals surface area contributed by atoms with Gasteiger partial charge in [-0.05, 0) is 54.8 Å². The van der Waals surface area contributed by atoms with Crippen LogP contribution in [0.5, 0.6) is 0 Å². The summed E-state index contributed by atoms with van der Waals surface area (Å²) < 4.78 is 0.983. The molecule has 2 aromatic rings. The van der Waals surface area contributed by atoms with Crippen LogP contribution in [-0.4, -0.2) is 41.1 Å². The molecule has 158 valence electrons. The van der Waals surface area contributed by atoms with Crippen LogP contribution in [0.1, 0.15) is 51.6 Å². The Kier molecular flexibility index (Phi) is 4.77. The zero-order valence-electron chi connectivity index (χ0n) is 16.4. The first-order valence-corrected chi connectivity index (χ1v) is 10.9. The first-order chi connectivity index (χ1) is 14.9. The number of amides is 4. The summed E-state index contributed by atoms with van der Waals surface area (Å²) in [5, 5.41) is 9.06. The van der Waals surface area contributed by atoms with Crippen LogP contribution in [0, 0.1) is 0 Å². The van der Waals surface area contributed by atoms with Gasteiger partial charge in [0.05, 0.1) is 17.2 Å². The number of halogens is 1. The van der Waals surface area contributed by atoms with E-state index in [4.69, 9.17) is 0 Å². The second kappa shape index (κ2) is 7.49. The van der Waals surface area contributed by atoms with Crippen LogP contribution in [-0.2, 0) is 9.59 Å². The second-order valence-electron chi connectivity index (χ2n) is 7.85. The van der Waals surface area contributed by atoms with Crippen molar-refractivity contribution in [2.75, 3.05) is 17.2 Å². The minimum Gasteiger partial charge on any atom is -0.385 e. The molecule has 0 spiro atoms. The van der Waals surface area contributed by atoms with Crippen molar-refractivity contribution in [3.63, 3.8) is 0 Å². The van der Waals surface area contributed by atoms with Crippen LogP contribution in [0.2, 0.25) is 0 Å². The zero-order valence-corrected chi connectivity index (χ0v) is 18.0. The molecule has 2 unspecified atom stereocenters. The molecule has 5 rings (SSSR count). The number of benzene rings is 2. The maximum atomic E-state index is 13.0. The number of imide groups is 2. The fraction of sp³-hybridized carbons (Fsp3) is 0.273. The lowest BCUT2D eigenvalue weighted by atomic mass is 9.97. The van der Waals surface area contributed by atoms with Gasteiger partial charge in [0.15, 0.2) is 0 Å². The number of nitrogens with one attached hydrogen (secondary N) is 3. The molecule has 31 heavy (non-hydrogen) atoms. The van der Waals surface area contributed by atoms with Crippen LogP contribution < -0.4 is 16.0 Å². The summed E-state index contributed by atoms with van der Waals surface area (Å²) in [4.78, 5) is 50.5. The number of nitrogens with zero attached hydrogens (tertiary/aromatic N) is 1. The summed E-state index contributed by atoms with van der Waals surface area (Å²) in [6, 6.07) is 10.2. The van der Waals surface area contributed by atoms with E-state index in [0.29, 0.717) is 0 Å². The van der Waals surface area contributed by atoms with Gasteiger partial charge in [-0.1, -0.05) is 15.9 Å². The quantitative estimate of drug-likeness (QED) is 0.580. The first-order valence-electron chi connectivity index (χ1n) is 10.1. The molecule has 0 radical (unpaired) electrons. The highest BCUT2D eigenvalue weighted by Gasteiger charge is 2.44. The molecule has 3 N–H and O–H groups in total. The number of anilines is 2. The number of rotatable bonds is 3. The van der Waals surface area contributed by atoms with Crippen LogP contribution in [0.15, 0.2) is 40.9 Å². The van der Waals surface area contributed by atoms with Gasteiger partial charge in [-0.2, -0.15) is 0 Å². The fourth-order valence-electron chi connectivity index (χ4n) is 4.40. The highest BCUT2D eigenvalue weighted by molar-refractivity contribution is 9.10. The largest absolute Gasteiger partial charge is 0.385 e. The van der Waals surface area contributed by atoms with E-state index in [9.17, 15) is 19.2 Å². The molecule has 1 saturated heterocycles. The molecule has 9 heteroatoms. The monoisotopic (exact) mass is 482 g/mol. The molecular formula is C22H19BrN4O4. The molecule has 2 atom stereocenters. The van der Waals surface area contributed by atoms with E-state index in [1.807, 2.05) is 12.1 Å². The molecule has 0 saturated carbocycles. The van der Waals surface area contributed by atoms with Gasteiger partial charge >= 0.3 is 0 Å². The summed E-state index contributed by atoms with van der Waals surface area (Å²) in [6.45, 7) is 0.817. The minimum atomic E-state index is -0.963. The standard InChI is InChI=1S/C22H19BrN4O4/c23-11-1-4-16-15(9-11)17(7-8-24-16)25-12-2-3-13-14(10-12)22(31)27(21(13)30)18-5-6-19(28)26-20(18)29/h1-4,9-10,17-18,24-25H,5-8H2,(H,26,28,29). The van der Waals surface area contributed by atoms with Crippen molar-refractivity contribution < 1.29 is 19.2 Å². The number of piperidine rings is 1. The Balaban J connectivity index is 1.41. The summed E-state index contributed by atoms with van der Waals surface area (Å²) in [5.74, 6) is -2.01. The van der Waals surface area contributed by atoms with E-state index < -0.39 is 29.7 Å². The summed E-state index contributed by atoms with van der Waals surface area (Å²) in [7, 11) is 0. The van der Waals surface area contributed by atoms with Gasteiger partial charge in [0.2, 0.25) is 11.8 Å². The molecule has 8 nitrogen and oxygen atoms in total. The molecule has 4 amide bonds. The third-order valence-electron chi connectivity index (χ3n) is 5.92. The van der Waals surface area contributed by atoms with Gasteiger partial charge in [-0.15, -0.1) is 0 Å². The van der Waals surface area contributed by atoms with Crippen molar-refractivity contribution in [2.24, 2.45) is 0 Å². The maximum Gasteiger partial charge on any atom is 0.262 e. The van der Waals surface area contributed by atoms with Crippen molar-refractivity contribution in [1.82, 2.24) is 10.2 Å². The van der Waals surface area contributed by atoms with Gasteiger partial charge in [0, 0.05) is 28.8 Å².